The summed E-state index contributed by atoms with van der Waals surface area (Å²) < 4.78 is 11.0. The lowest BCUT2D eigenvalue weighted by Gasteiger charge is -2.25. The van der Waals surface area contributed by atoms with Crippen LogP contribution in [0.4, 0.5) is 4.79 Å². The fourth-order valence-electron chi connectivity index (χ4n) is 3.49. The highest BCUT2D eigenvalue weighted by molar-refractivity contribution is 6.09. The van der Waals surface area contributed by atoms with E-state index in [2.05, 4.69) is 10.6 Å². The second-order valence-corrected chi connectivity index (χ2v) is 7.05. The monoisotopic (exact) mass is 425 g/mol. The topological polar surface area (TPSA) is 97.0 Å². The smallest absolute Gasteiger partial charge is 0.325 e. The van der Waals surface area contributed by atoms with Crippen LogP contribution >= 0.6 is 0 Å². The summed E-state index contributed by atoms with van der Waals surface area (Å²) in [7, 11) is 0. The van der Waals surface area contributed by atoms with Crippen LogP contribution in [0.5, 0.6) is 11.5 Å². The standard InChI is InChI=1S/C23H27N3O5/c1-3-23(17-8-6-5-7-9-17)21(28)26(22(29)25-23)16-20(27)24-14-15-31-19-12-10-18(11-13-19)30-4-2/h5-13H,3-4,14-16H2,1-2H3,(H,24,27)(H,25,29). The van der Waals surface area contributed by atoms with Crippen LogP contribution in [0.3, 0.4) is 0 Å². The van der Waals surface area contributed by atoms with Crippen LogP contribution < -0.4 is 20.1 Å². The minimum atomic E-state index is -1.14. The number of benzene rings is 2. The lowest BCUT2D eigenvalue weighted by Crippen LogP contribution is -2.45. The zero-order chi connectivity index (χ0) is 22.3. The number of imide groups is 1. The summed E-state index contributed by atoms with van der Waals surface area (Å²) in [5.74, 6) is 0.559. The van der Waals surface area contributed by atoms with Gasteiger partial charge in [0.2, 0.25) is 5.91 Å². The second-order valence-electron chi connectivity index (χ2n) is 7.05. The van der Waals surface area contributed by atoms with E-state index in [0.717, 1.165) is 10.6 Å². The summed E-state index contributed by atoms with van der Waals surface area (Å²) in [4.78, 5) is 38.7. The number of urea groups is 1. The van der Waals surface area contributed by atoms with E-state index in [1.165, 1.54) is 0 Å². The third kappa shape index (κ3) is 4.96. The molecule has 1 unspecified atom stereocenters. The molecule has 0 aromatic heterocycles. The van der Waals surface area contributed by atoms with Crippen LogP contribution in [0.15, 0.2) is 54.6 Å². The van der Waals surface area contributed by atoms with Crippen LogP contribution in [-0.4, -0.2) is 49.0 Å². The molecule has 0 aliphatic carbocycles. The van der Waals surface area contributed by atoms with E-state index in [4.69, 9.17) is 9.47 Å². The molecule has 31 heavy (non-hydrogen) atoms. The van der Waals surface area contributed by atoms with E-state index in [1.807, 2.05) is 44.2 Å². The predicted octanol–water partition coefficient (Wildman–Crippen LogP) is 2.44. The highest BCUT2D eigenvalue weighted by Gasteiger charge is 2.51. The Morgan fingerprint density at radius 3 is 2.26 bits per heavy atom. The maximum Gasteiger partial charge on any atom is 0.325 e. The van der Waals surface area contributed by atoms with Gasteiger partial charge in [0.1, 0.15) is 30.2 Å². The van der Waals surface area contributed by atoms with Gasteiger partial charge < -0.3 is 20.1 Å². The lowest BCUT2D eigenvalue weighted by atomic mass is 9.87. The van der Waals surface area contributed by atoms with Gasteiger partial charge in [0.15, 0.2) is 0 Å². The molecular weight excluding hydrogens is 398 g/mol. The van der Waals surface area contributed by atoms with Gasteiger partial charge in [0.25, 0.3) is 5.91 Å². The summed E-state index contributed by atoms with van der Waals surface area (Å²) in [6, 6.07) is 15.7. The number of carbonyl (C=O) groups excluding carboxylic acids is 3. The zero-order valence-corrected chi connectivity index (χ0v) is 17.7. The van der Waals surface area contributed by atoms with Crippen molar-refractivity contribution < 1.29 is 23.9 Å². The largest absolute Gasteiger partial charge is 0.494 e. The molecule has 0 bridgehead atoms. The minimum Gasteiger partial charge on any atom is -0.494 e. The molecule has 2 N–H and O–H groups in total. The summed E-state index contributed by atoms with van der Waals surface area (Å²) >= 11 is 0. The van der Waals surface area contributed by atoms with E-state index in [0.29, 0.717) is 24.3 Å². The van der Waals surface area contributed by atoms with Gasteiger partial charge in [-0.3, -0.25) is 14.5 Å². The molecule has 1 aliphatic rings. The Morgan fingerprint density at radius 2 is 1.65 bits per heavy atom. The molecule has 0 radical (unpaired) electrons. The molecule has 164 valence electrons. The fraction of sp³-hybridized carbons (Fsp3) is 0.348. The highest BCUT2D eigenvalue weighted by Crippen LogP contribution is 2.32. The molecule has 1 heterocycles. The van der Waals surface area contributed by atoms with Crippen LogP contribution in [0.2, 0.25) is 0 Å². The average Bonchev–Trinajstić information content (AvgIpc) is 3.03. The van der Waals surface area contributed by atoms with Crippen molar-refractivity contribution in [3.63, 3.8) is 0 Å². The van der Waals surface area contributed by atoms with Gasteiger partial charge in [-0.25, -0.2) is 4.79 Å². The van der Waals surface area contributed by atoms with Gasteiger partial charge >= 0.3 is 6.03 Å². The quantitative estimate of drug-likeness (QED) is 0.450. The van der Waals surface area contributed by atoms with Crippen molar-refractivity contribution in [2.45, 2.75) is 25.8 Å². The van der Waals surface area contributed by atoms with Crippen molar-refractivity contribution in [2.75, 3.05) is 26.3 Å². The summed E-state index contributed by atoms with van der Waals surface area (Å²) in [5.41, 5.74) is -0.447. The Morgan fingerprint density at radius 1 is 1.00 bits per heavy atom. The van der Waals surface area contributed by atoms with Crippen molar-refractivity contribution in [1.82, 2.24) is 15.5 Å². The van der Waals surface area contributed by atoms with Gasteiger partial charge in [0.05, 0.1) is 13.2 Å². The third-order valence-corrected chi connectivity index (χ3v) is 5.10. The van der Waals surface area contributed by atoms with Crippen molar-refractivity contribution >= 4 is 17.8 Å². The molecule has 1 saturated heterocycles. The van der Waals surface area contributed by atoms with Crippen molar-refractivity contribution in [3.05, 3.63) is 60.2 Å². The first-order valence-corrected chi connectivity index (χ1v) is 10.3. The van der Waals surface area contributed by atoms with Crippen LogP contribution in [0.1, 0.15) is 25.8 Å². The summed E-state index contributed by atoms with van der Waals surface area (Å²) in [6.45, 7) is 4.48. The normalized spacial score (nSPS) is 17.9. The first-order chi connectivity index (χ1) is 15.0. The van der Waals surface area contributed by atoms with Gasteiger partial charge in [-0.2, -0.15) is 0 Å². The van der Waals surface area contributed by atoms with Crippen LogP contribution in [-0.2, 0) is 15.1 Å². The Bertz CT molecular complexity index is 917. The van der Waals surface area contributed by atoms with Gasteiger partial charge in [0, 0.05) is 0 Å². The molecule has 0 saturated carbocycles. The third-order valence-electron chi connectivity index (χ3n) is 5.10. The molecule has 0 spiro atoms. The molecular formula is C23H27N3O5. The maximum absolute atomic E-state index is 13.0. The molecule has 2 aromatic carbocycles. The van der Waals surface area contributed by atoms with Gasteiger partial charge in [-0.15, -0.1) is 0 Å². The van der Waals surface area contributed by atoms with E-state index >= 15 is 0 Å². The Labute approximate surface area is 181 Å². The van der Waals surface area contributed by atoms with Gasteiger partial charge in [-0.1, -0.05) is 37.3 Å². The van der Waals surface area contributed by atoms with Crippen LogP contribution in [0.25, 0.3) is 0 Å². The Kier molecular flexibility index (Phi) is 7.12. The zero-order valence-electron chi connectivity index (χ0n) is 17.7. The Hall–Kier alpha value is -3.55. The highest BCUT2D eigenvalue weighted by atomic mass is 16.5. The lowest BCUT2D eigenvalue weighted by molar-refractivity contribution is -0.135. The molecule has 3 rings (SSSR count). The molecule has 4 amide bonds. The maximum atomic E-state index is 13.0. The fourth-order valence-corrected chi connectivity index (χ4v) is 3.49. The summed E-state index contributed by atoms with van der Waals surface area (Å²) in [5, 5.41) is 5.44. The van der Waals surface area contributed by atoms with Crippen LogP contribution in [0, 0.1) is 0 Å². The average molecular weight is 425 g/mol. The molecule has 8 heteroatoms. The Balaban J connectivity index is 1.50. The number of rotatable bonds is 10. The molecule has 1 fully saturated rings. The predicted molar refractivity (Wildman–Crippen MR) is 115 cm³/mol. The second kappa shape index (κ2) is 9.97. The van der Waals surface area contributed by atoms with Gasteiger partial charge in [-0.05, 0) is 43.2 Å². The number of hydrogen-bond acceptors (Lipinski definition) is 5. The van der Waals surface area contributed by atoms with Crippen molar-refractivity contribution in [2.24, 2.45) is 0 Å². The number of amides is 4. The number of nitrogens with zero attached hydrogens (tertiary/aromatic N) is 1. The van der Waals surface area contributed by atoms with E-state index in [1.54, 1.807) is 24.3 Å². The first kappa shape index (κ1) is 22.1. The van der Waals surface area contributed by atoms with Crippen molar-refractivity contribution in [1.29, 1.82) is 0 Å². The molecule has 1 atom stereocenters. The molecule has 8 nitrogen and oxygen atoms in total. The number of carbonyl (C=O) groups is 3. The van der Waals surface area contributed by atoms with Crippen molar-refractivity contribution in [3.8, 4) is 11.5 Å². The van der Waals surface area contributed by atoms with E-state index in [9.17, 15) is 14.4 Å². The van der Waals surface area contributed by atoms with E-state index < -0.39 is 23.4 Å². The van der Waals surface area contributed by atoms with E-state index in [-0.39, 0.29) is 19.7 Å². The minimum absolute atomic E-state index is 0.243. The SMILES string of the molecule is CCOc1ccc(OCCNC(=O)CN2C(=O)NC(CC)(c3ccccc3)C2=O)cc1. The number of ether oxygens (including phenoxy) is 2. The number of hydrogen-bond donors (Lipinski definition) is 2. The first-order valence-electron chi connectivity index (χ1n) is 10.3. The summed E-state index contributed by atoms with van der Waals surface area (Å²) in [6.07, 6.45) is 0.385. The molecule has 1 aliphatic heterocycles. The molecule has 2 aromatic rings. The number of nitrogens with one attached hydrogen (secondary N) is 2.